The summed E-state index contributed by atoms with van der Waals surface area (Å²) in [7, 11) is 0. The van der Waals surface area contributed by atoms with Crippen molar-refractivity contribution in [1.82, 2.24) is 0 Å². The molecule has 82 valence electrons. The maximum atomic E-state index is 13.0. The van der Waals surface area contributed by atoms with Gasteiger partial charge in [-0.15, -0.1) is 0 Å². The van der Waals surface area contributed by atoms with Gasteiger partial charge < -0.3 is 4.74 Å². The summed E-state index contributed by atoms with van der Waals surface area (Å²) >= 11 is 3.27. The highest BCUT2D eigenvalue weighted by Gasteiger charge is 2.15. The zero-order chi connectivity index (χ0) is 10.7. The van der Waals surface area contributed by atoms with E-state index in [1.165, 1.54) is 25.0 Å². The molecule has 1 aromatic rings. The molecule has 0 bridgehead atoms. The van der Waals surface area contributed by atoms with Crippen molar-refractivity contribution in [3.8, 4) is 0 Å². The van der Waals surface area contributed by atoms with E-state index in [0.29, 0.717) is 12.7 Å². The highest BCUT2D eigenvalue weighted by molar-refractivity contribution is 9.10. The number of ether oxygens (including phenoxy) is 1. The highest BCUT2D eigenvalue weighted by atomic mass is 79.9. The first-order chi connectivity index (χ1) is 7.24. The largest absolute Gasteiger partial charge is 0.374 e. The summed E-state index contributed by atoms with van der Waals surface area (Å²) in [5.74, 6) is -0.214. The lowest BCUT2D eigenvalue weighted by molar-refractivity contribution is 0.0455. The molecule has 1 nitrogen and oxygen atoms in total. The van der Waals surface area contributed by atoms with Gasteiger partial charge in [0.05, 0.1) is 12.7 Å². The van der Waals surface area contributed by atoms with E-state index in [4.69, 9.17) is 4.74 Å². The van der Waals surface area contributed by atoms with Gasteiger partial charge in [0, 0.05) is 4.47 Å². The van der Waals surface area contributed by atoms with Gasteiger partial charge in [-0.25, -0.2) is 4.39 Å². The monoisotopic (exact) mass is 272 g/mol. The zero-order valence-electron chi connectivity index (χ0n) is 8.51. The summed E-state index contributed by atoms with van der Waals surface area (Å²) in [6.07, 6.45) is 5.20. The number of hydrogen-bond acceptors (Lipinski definition) is 1. The number of hydrogen-bond donors (Lipinski definition) is 0. The van der Waals surface area contributed by atoms with E-state index in [-0.39, 0.29) is 5.82 Å². The van der Waals surface area contributed by atoms with Gasteiger partial charge in [-0.3, -0.25) is 0 Å². The molecule has 0 unspecified atom stereocenters. The Morgan fingerprint density at radius 2 is 2.00 bits per heavy atom. The second kappa shape index (κ2) is 5.08. The molecule has 15 heavy (non-hydrogen) atoms. The lowest BCUT2D eigenvalue weighted by Gasteiger charge is -2.11. The summed E-state index contributed by atoms with van der Waals surface area (Å²) < 4.78 is 19.5. The van der Waals surface area contributed by atoms with Gasteiger partial charge in [0.2, 0.25) is 0 Å². The van der Waals surface area contributed by atoms with Crippen LogP contribution in [0, 0.1) is 5.82 Å². The molecule has 2 rings (SSSR count). The molecular formula is C12H14BrFO. The Balaban J connectivity index is 1.92. The van der Waals surface area contributed by atoms with E-state index in [1.807, 2.05) is 6.07 Å². The van der Waals surface area contributed by atoms with Gasteiger partial charge in [0.15, 0.2) is 0 Å². The van der Waals surface area contributed by atoms with E-state index in [0.717, 1.165) is 22.9 Å². The fourth-order valence-electron chi connectivity index (χ4n) is 1.96. The van der Waals surface area contributed by atoms with Crippen molar-refractivity contribution in [2.75, 3.05) is 0 Å². The predicted molar refractivity (Wildman–Crippen MR) is 61.1 cm³/mol. The van der Waals surface area contributed by atoms with Gasteiger partial charge in [-0.05, 0) is 36.6 Å². The first kappa shape index (κ1) is 11.1. The van der Waals surface area contributed by atoms with Crippen LogP contribution < -0.4 is 0 Å². The molecule has 0 radical (unpaired) electrons. The Kier molecular flexibility index (Phi) is 3.76. The summed E-state index contributed by atoms with van der Waals surface area (Å²) in [6.45, 7) is 0.515. The predicted octanol–water partition coefficient (Wildman–Crippen LogP) is 4.05. The molecule has 1 aliphatic carbocycles. The second-order valence-electron chi connectivity index (χ2n) is 4.00. The van der Waals surface area contributed by atoms with E-state index >= 15 is 0 Å². The molecule has 3 heteroatoms. The Morgan fingerprint density at radius 3 is 2.67 bits per heavy atom. The molecular weight excluding hydrogens is 259 g/mol. The van der Waals surface area contributed by atoms with Crippen molar-refractivity contribution in [3.63, 3.8) is 0 Å². The molecule has 0 atom stereocenters. The van der Waals surface area contributed by atoms with Crippen LogP contribution in [-0.4, -0.2) is 6.10 Å². The van der Waals surface area contributed by atoms with Crippen molar-refractivity contribution in [2.45, 2.75) is 38.4 Å². The third-order valence-corrected chi connectivity index (χ3v) is 3.17. The van der Waals surface area contributed by atoms with Crippen LogP contribution in [0.5, 0.6) is 0 Å². The minimum Gasteiger partial charge on any atom is -0.374 e. The van der Waals surface area contributed by atoms with Crippen LogP contribution in [0.3, 0.4) is 0 Å². The molecule has 0 heterocycles. The van der Waals surface area contributed by atoms with Crippen molar-refractivity contribution in [3.05, 3.63) is 34.1 Å². The Labute approximate surface area is 97.8 Å². The van der Waals surface area contributed by atoms with Gasteiger partial charge in [0.25, 0.3) is 0 Å². The van der Waals surface area contributed by atoms with E-state index in [9.17, 15) is 4.39 Å². The zero-order valence-corrected chi connectivity index (χ0v) is 10.1. The number of rotatable bonds is 3. The van der Waals surface area contributed by atoms with Gasteiger partial charge in [-0.2, -0.15) is 0 Å². The van der Waals surface area contributed by atoms with Crippen LogP contribution in [0.25, 0.3) is 0 Å². The fourth-order valence-corrected chi connectivity index (χ4v) is 2.48. The minimum absolute atomic E-state index is 0.214. The maximum absolute atomic E-state index is 13.0. The standard InChI is InChI=1S/C12H14BrFO/c13-10-5-9(6-11(14)7-10)8-15-12-3-1-2-4-12/h5-7,12H,1-4,8H2. The number of halogens is 2. The topological polar surface area (TPSA) is 9.23 Å². The second-order valence-corrected chi connectivity index (χ2v) is 4.91. The molecule has 0 amide bonds. The maximum Gasteiger partial charge on any atom is 0.124 e. The highest BCUT2D eigenvalue weighted by Crippen LogP contribution is 2.23. The molecule has 1 fully saturated rings. The average molecular weight is 273 g/mol. The molecule has 0 aliphatic heterocycles. The van der Waals surface area contributed by atoms with Crippen LogP contribution in [0.1, 0.15) is 31.2 Å². The summed E-state index contributed by atoms with van der Waals surface area (Å²) in [5, 5.41) is 0. The molecule has 0 aromatic heterocycles. The third-order valence-electron chi connectivity index (χ3n) is 2.71. The first-order valence-corrected chi connectivity index (χ1v) is 6.10. The normalized spacial score (nSPS) is 17.2. The minimum atomic E-state index is -0.214. The summed E-state index contributed by atoms with van der Waals surface area (Å²) in [6, 6.07) is 4.89. The van der Waals surface area contributed by atoms with Crippen LogP contribution in [0.15, 0.2) is 22.7 Å². The lowest BCUT2D eigenvalue weighted by Crippen LogP contribution is -2.07. The summed E-state index contributed by atoms with van der Waals surface area (Å²) in [5.41, 5.74) is 0.897. The molecule has 1 aliphatic rings. The Hall–Kier alpha value is -0.410. The smallest absolute Gasteiger partial charge is 0.124 e. The van der Waals surface area contributed by atoms with Gasteiger partial charge >= 0.3 is 0 Å². The average Bonchev–Trinajstić information content (AvgIpc) is 2.65. The SMILES string of the molecule is Fc1cc(Br)cc(COC2CCCC2)c1. The Bertz CT molecular complexity index is 314. The van der Waals surface area contributed by atoms with Crippen LogP contribution >= 0.6 is 15.9 Å². The molecule has 0 N–H and O–H groups in total. The molecule has 0 spiro atoms. The van der Waals surface area contributed by atoms with Crippen LogP contribution in [-0.2, 0) is 11.3 Å². The van der Waals surface area contributed by atoms with Crippen LogP contribution in [0.2, 0.25) is 0 Å². The quantitative estimate of drug-likeness (QED) is 0.807. The summed E-state index contributed by atoms with van der Waals surface area (Å²) in [4.78, 5) is 0. The fraction of sp³-hybridized carbons (Fsp3) is 0.500. The van der Waals surface area contributed by atoms with E-state index < -0.39 is 0 Å². The van der Waals surface area contributed by atoms with Crippen molar-refractivity contribution in [1.29, 1.82) is 0 Å². The van der Waals surface area contributed by atoms with Crippen molar-refractivity contribution < 1.29 is 9.13 Å². The molecule has 1 saturated carbocycles. The Morgan fingerprint density at radius 1 is 1.27 bits per heavy atom. The third kappa shape index (κ3) is 3.28. The van der Waals surface area contributed by atoms with Crippen molar-refractivity contribution in [2.24, 2.45) is 0 Å². The molecule has 0 saturated heterocycles. The van der Waals surface area contributed by atoms with Gasteiger partial charge in [-0.1, -0.05) is 28.8 Å². The molecule has 1 aromatic carbocycles. The van der Waals surface area contributed by atoms with Gasteiger partial charge in [0.1, 0.15) is 5.82 Å². The number of benzene rings is 1. The lowest BCUT2D eigenvalue weighted by atomic mass is 10.2. The van der Waals surface area contributed by atoms with Crippen molar-refractivity contribution >= 4 is 15.9 Å². The van der Waals surface area contributed by atoms with E-state index in [1.54, 1.807) is 0 Å². The van der Waals surface area contributed by atoms with E-state index in [2.05, 4.69) is 15.9 Å². The van der Waals surface area contributed by atoms with Crippen LogP contribution in [0.4, 0.5) is 4.39 Å². The first-order valence-electron chi connectivity index (χ1n) is 5.30.